The van der Waals surface area contributed by atoms with E-state index in [-0.39, 0.29) is 53.1 Å². The highest BCUT2D eigenvalue weighted by Gasteiger charge is 2.67. The van der Waals surface area contributed by atoms with Gasteiger partial charge in [0.15, 0.2) is 11.5 Å². The molecule has 4 amide bonds. The zero-order valence-corrected chi connectivity index (χ0v) is 26.0. The number of carbonyl (C=O) groups is 4. The molecule has 1 saturated carbocycles. The lowest BCUT2D eigenvalue weighted by atomic mass is 9.51. The number of aromatic hydroxyl groups is 1. The maximum absolute atomic E-state index is 14.6. The number of hydrogen-bond donors (Lipinski definition) is 3. The van der Waals surface area contributed by atoms with Crippen LogP contribution in [0.5, 0.6) is 17.2 Å². The fraction of sp³-hybridized carbons (Fsp3) is 0.314. The number of allylic oxidation sites excluding steroid dienone is 2. The van der Waals surface area contributed by atoms with Crippen LogP contribution in [0, 0.1) is 29.1 Å². The number of anilines is 2. The van der Waals surface area contributed by atoms with Gasteiger partial charge in [0.05, 0.1) is 48.8 Å². The van der Waals surface area contributed by atoms with Crippen molar-refractivity contribution in [3.63, 3.8) is 0 Å². The number of methoxy groups -OCH3 is 2. The molecule has 4 aliphatic rings. The summed E-state index contributed by atoms with van der Waals surface area (Å²) >= 11 is 0. The third kappa shape index (κ3) is 4.35. The fourth-order valence-electron chi connectivity index (χ4n) is 8.38. The molecule has 6 atom stereocenters. The Labute approximate surface area is 271 Å². The van der Waals surface area contributed by atoms with E-state index in [1.54, 1.807) is 61.5 Å². The van der Waals surface area contributed by atoms with E-state index in [0.29, 0.717) is 11.3 Å². The highest BCUT2D eigenvalue weighted by Crippen LogP contribution is 2.64. The van der Waals surface area contributed by atoms with Gasteiger partial charge in [-0.2, -0.15) is 0 Å². The SMILES string of the molecule is COc1cc(C2C3=CCC4C(=O)N(c5cccc(B(O)O)c5)C(=O)C4C3CC3C(=O)N(c4ccccc4)C(=O)C32C)cc(OC)c1O. The first-order valence-corrected chi connectivity index (χ1v) is 15.4. The Balaban J connectivity index is 1.38. The molecular formula is C35H33BN2O9. The molecule has 0 aromatic heterocycles. The van der Waals surface area contributed by atoms with Crippen LogP contribution in [0.1, 0.15) is 31.2 Å². The van der Waals surface area contributed by atoms with Gasteiger partial charge in [0.1, 0.15) is 0 Å². The van der Waals surface area contributed by atoms with Gasteiger partial charge in [-0.15, -0.1) is 0 Å². The number of benzene rings is 3. The van der Waals surface area contributed by atoms with Gasteiger partial charge in [0.2, 0.25) is 29.4 Å². The minimum absolute atomic E-state index is 0.122. The van der Waals surface area contributed by atoms with Crippen LogP contribution in [0.25, 0.3) is 0 Å². The van der Waals surface area contributed by atoms with Gasteiger partial charge in [0, 0.05) is 5.92 Å². The lowest BCUT2D eigenvalue weighted by Gasteiger charge is -2.49. The van der Waals surface area contributed by atoms with E-state index in [1.807, 2.05) is 6.08 Å². The highest BCUT2D eigenvalue weighted by molar-refractivity contribution is 6.58. The topological polar surface area (TPSA) is 154 Å². The molecule has 2 heterocycles. The molecular weight excluding hydrogens is 603 g/mol. The van der Waals surface area contributed by atoms with Crippen molar-refractivity contribution < 1.29 is 43.8 Å². The predicted molar refractivity (Wildman–Crippen MR) is 171 cm³/mol. The summed E-state index contributed by atoms with van der Waals surface area (Å²) in [5.41, 5.74) is 0.847. The number of para-hydroxylation sites is 1. The normalized spacial score (nSPS) is 28.1. The molecule has 2 aliphatic carbocycles. The number of phenolic OH excluding ortho intramolecular Hbond substituents is 1. The van der Waals surface area contributed by atoms with E-state index in [1.165, 1.54) is 31.3 Å². The van der Waals surface area contributed by atoms with Crippen molar-refractivity contribution in [2.45, 2.75) is 25.7 Å². The first-order valence-electron chi connectivity index (χ1n) is 15.4. The maximum Gasteiger partial charge on any atom is 0.488 e. The molecule has 47 heavy (non-hydrogen) atoms. The van der Waals surface area contributed by atoms with E-state index in [2.05, 4.69) is 0 Å². The van der Waals surface area contributed by atoms with Crippen molar-refractivity contribution in [3.05, 3.63) is 83.9 Å². The third-order valence-electron chi connectivity index (χ3n) is 10.6. The number of carbonyl (C=O) groups excluding carboxylic acids is 4. The van der Waals surface area contributed by atoms with Gasteiger partial charge in [-0.3, -0.25) is 24.1 Å². The lowest BCUT2D eigenvalue weighted by Crippen LogP contribution is -2.48. The minimum Gasteiger partial charge on any atom is -0.502 e. The van der Waals surface area contributed by atoms with E-state index in [9.17, 15) is 34.3 Å². The van der Waals surface area contributed by atoms with Gasteiger partial charge in [0.25, 0.3) is 0 Å². The summed E-state index contributed by atoms with van der Waals surface area (Å²) in [7, 11) is 1.02. The van der Waals surface area contributed by atoms with Crippen LogP contribution >= 0.6 is 0 Å². The quantitative estimate of drug-likeness (QED) is 0.211. The first kappa shape index (κ1) is 30.7. The fourth-order valence-corrected chi connectivity index (χ4v) is 8.38. The molecule has 0 radical (unpaired) electrons. The van der Waals surface area contributed by atoms with Gasteiger partial charge >= 0.3 is 7.12 Å². The van der Waals surface area contributed by atoms with E-state index in [0.717, 1.165) is 10.5 Å². The second-order valence-corrected chi connectivity index (χ2v) is 12.8. The molecule has 3 aromatic carbocycles. The van der Waals surface area contributed by atoms with Crippen molar-refractivity contribution in [2.75, 3.05) is 24.0 Å². The molecule has 2 saturated heterocycles. The molecule has 3 N–H and O–H groups in total. The summed E-state index contributed by atoms with van der Waals surface area (Å²) in [4.78, 5) is 59.4. The molecule has 240 valence electrons. The third-order valence-corrected chi connectivity index (χ3v) is 10.6. The van der Waals surface area contributed by atoms with E-state index < -0.39 is 53.9 Å². The summed E-state index contributed by atoms with van der Waals surface area (Å²) in [5.74, 6) is -5.24. The summed E-state index contributed by atoms with van der Waals surface area (Å²) < 4.78 is 10.9. The van der Waals surface area contributed by atoms with Gasteiger partial charge < -0.3 is 24.6 Å². The molecule has 0 spiro atoms. The highest BCUT2D eigenvalue weighted by atomic mass is 16.5. The largest absolute Gasteiger partial charge is 0.502 e. The second-order valence-electron chi connectivity index (χ2n) is 12.8. The Kier molecular flexibility index (Phi) is 7.25. The van der Waals surface area contributed by atoms with Crippen LogP contribution < -0.4 is 24.7 Å². The monoisotopic (exact) mass is 636 g/mol. The van der Waals surface area contributed by atoms with Crippen molar-refractivity contribution in [3.8, 4) is 17.2 Å². The van der Waals surface area contributed by atoms with Crippen LogP contribution in [-0.2, 0) is 19.2 Å². The summed E-state index contributed by atoms with van der Waals surface area (Å²) in [6.07, 6.45) is 2.33. The molecule has 3 aromatic rings. The van der Waals surface area contributed by atoms with Crippen LogP contribution in [-0.4, -0.2) is 60.1 Å². The average molecular weight is 636 g/mol. The van der Waals surface area contributed by atoms with Crippen molar-refractivity contribution in [2.24, 2.45) is 29.1 Å². The van der Waals surface area contributed by atoms with Crippen LogP contribution in [0.3, 0.4) is 0 Å². The Bertz CT molecular complexity index is 1840. The predicted octanol–water partition coefficient (Wildman–Crippen LogP) is 2.52. The van der Waals surface area contributed by atoms with E-state index >= 15 is 0 Å². The van der Waals surface area contributed by atoms with E-state index in [4.69, 9.17) is 9.47 Å². The number of phenols is 1. The number of fused-ring (bicyclic) bond motifs is 4. The lowest BCUT2D eigenvalue weighted by molar-refractivity contribution is -0.131. The Morgan fingerprint density at radius 2 is 1.47 bits per heavy atom. The van der Waals surface area contributed by atoms with Crippen molar-refractivity contribution >= 4 is 47.6 Å². The number of hydrogen-bond acceptors (Lipinski definition) is 9. The van der Waals surface area contributed by atoms with Crippen LogP contribution in [0.2, 0.25) is 0 Å². The van der Waals surface area contributed by atoms with Crippen molar-refractivity contribution in [1.82, 2.24) is 0 Å². The molecule has 7 rings (SSSR count). The standard InChI is InChI=1S/C35H33BN2O9/c1-35-25(32(41)38(34(35)43)20-9-5-4-6-10-20)17-24-22(29(35)18-14-26(46-2)30(39)27(15-18)47-3)12-13-23-28(24)33(42)37(31(23)40)21-11-7-8-19(16-21)36(44)45/h4-12,14-16,23-25,28-29,39,44-45H,13,17H2,1-3H3. The van der Waals surface area contributed by atoms with Gasteiger partial charge in [-0.25, -0.2) is 4.90 Å². The Hall–Kier alpha value is -4.94. The maximum atomic E-state index is 14.6. The van der Waals surface area contributed by atoms with Crippen LogP contribution in [0.4, 0.5) is 11.4 Å². The number of nitrogens with zero attached hydrogens (tertiary/aromatic N) is 2. The first-order chi connectivity index (χ1) is 22.5. The minimum atomic E-state index is -1.78. The molecule has 2 aliphatic heterocycles. The second kappa shape index (κ2) is 11.1. The van der Waals surface area contributed by atoms with Gasteiger partial charge in [-0.1, -0.05) is 42.0 Å². The number of imide groups is 2. The number of ether oxygens (including phenoxy) is 2. The smallest absolute Gasteiger partial charge is 0.488 e. The Morgan fingerprint density at radius 3 is 2.11 bits per heavy atom. The summed E-state index contributed by atoms with van der Waals surface area (Å²) in [6.45, 7) is 1.78. The van der Waals surface area contributed by atoms with Gasteiger partial charge in [-0.05, 0) is 73.1 Å². The number of rotatable bonds is 6. The van der Waals surface area contributed by atoms with Crippen LogP contribution in [0.15, 0.2) is 78.4 Å². The zero-order chi connectivity index (χ0) is 33.4. The molecule has 12 heteroatoms. The summed E-state index contributed by atoms with van der Waals surface area (Å²) in [6, 6.07) is 18.0. The number of amides is 4. The Morgan fingerprint density at radius 1 is 0.809 bits per heavy atom. The zero-order valence-electron chi connectivity index (χ0n) is 26.0. The van der Waals surface area contributed by atoms with Crippen molar-refractivity contribution in [1.29, 1.82) is 0 Å². The molecule has 6 unspecified atom stereocenters. The molecule has 11 nitrogen and oxygen atoms in total. The average Bonchev–Trinajstić information content (AvgIpc) is 3.44. The molecule has 3 fully saturated rings. The molecule has 0 bridgehead atoms. The summed E-state index contributed by atoms with van der Waals surface area (Å²) in [5, 5.41) is 30.2.